The molecule has 3 rings (SSSR count). The average Bonchev–Trinajstić information content (AvgIpc) is 2.99. The van der Waals surface area contributed by atoms with Gasteiger partial charge >= 0.3 is 0 Å². The molecule has 0 aromatic heterocycles. The van der Waals surface area contributed by atoms with E-state index in [0.29, 0.717) is 6.04 Å². The monoisotopic (exact) mass is 245 g/mol. The Kier molecular flexibility index (Phi) is 3.29. The fraction of sp³-hybridized carbons (Fsp3) is 0.625. The van der Waals surface area contributed by atoms with Crippen LogP contribution in [-0.2, 0) is 6.42 Å². The van der Waals surface area contributed by atoms with Crippen molar-refractivity contribution in [2.24, 2.45) is 11.8 Å². The number of ether oxygens (including phenoxy) is 1. The molecule has 1 aromatic rings. The van der Waals surface area contributed by atoms with E-state index >= 15 is 0 Å². The Labute approximate surface area is 110 Å². The Bertz CT molecular complexity index is 429. The molecule has 0 amide bonds. The van der Waals surface area contributed by atoms with Crippen molar-refractivity contribution in [3.8, 4) is 5.75 Å². The van der Waals surface area contributed by atoms with Gasteiger partial charge in [0.2, 0.25) is 0 Å². The summed E-state index contributed by atoms with van der Waals surface area (Å²) in [6.45, 7) is 3.22. The Morgan fingerprint density at radius 1 is 1.33 bits per heavy atom. The standard InChI is InChI=1S/C16H23NO/c1-11-6-7-13(10-11)15(17-2)14-5-3-4-12-8-9-18-16(12)14/h3-5,11,13,15,17H,6-10H2,1-2H3. The van der Waals surface area contributed by atoms with E-state index in [-0.39, 0.29) is 0 Å². The Hall–Kier alpha value is -1.02. The van der Waals surface area contributed by atoms with Crippen LogP contribution in [-0.4, -0.2) is 13.7 Å². The summed E-state index contributed by atoms with van der Waals surface area (Å²) >= 11 is 0. The molecule has 1 fully saturated rings. The molecule has 1 N–H and O–H groups in total. The molecule has 98 valence electrons. The van der Waals surface area contributed by atoms with Gasteiger partial charge in [-0.3, -0.25) is 0 Å². The summed E-state index contributed by atoms with van der Waals surface area (Å²) in [5.41, 5.74) is 2.77. The zero-order valence-corrected chi connectivity index (χ0v) is 11.4. The van der Waals surface area contributed by atoms with E-state index in [2.05, 4.69) is 37.5 Å². The van der Waals surface area contributed by atoms with Crippen LogP contribution in [0.1, 0.15) is 43.4 Å². The lowest BCUT2D eigenvalue weighted by Crippen LogP contribution is -2.24. The molecule has 1 aromatic carbocycles. The number of para-hydroxylation sites is 1. The molecular weight excluding hydrogens is 222 g/mol. The molecule has 0 saturated heterocycles. The second kappa shape index (κ2) is 4.93. The van der Waals surface area contributed by atoms with Gasteiger partial charge in [0, 0.05) is 18.0 Å². The molecule has 2 nitrogen and oxygen atoms in total. The highest BCUT2D eigenvalue weighted by Gasteiger charge is 2.31. The second-order valence-electron chi connectivity index (χ2n) is 5.88. The van der Waals surface area contributed by atoms with Crippen molar-refractivity contribution in [3.05, 3.63) is 29.3 Å². The number of hydrogen-bond acceptors (Lipinski definition) is 2. The van der Waals surface area contributed by atoms with Crippen molar-refractivity contribution in [2.75, 3.05) is 13.7 Å². The molecular formula is C16H23NO. The van der Waals surface area contributed by atoms with Crippen LogP contribution in [0.15, 0.2) is 18.2 Å². The van der Waals surface area contributed by atoms with Crippen molar-refractivity contribution in [2.45, 2.75) is 38.6 Å². The average molecular weight is 245 g/mol. The first-order chi connectivity index (χ1) is 8.79. The van der Waals surface area contributed by atoms with Crippen LogP contribution in [0.3, 0.4) is 0 Å². The third-order valence-electron chi connectivity index (χ3n) is 4.60. The lowest BCUT2D eigenvalue weighted by atomic mass is 9.89. The molecule has 2 aliphatic rings. The van der Waals surface area contributed by atoms with Gasteiger partial charge in [0.25, 0.3) is 0 Å². The first kappa shape index (κ1) is 12.0. The molecule has 3 unspecified atom stereocenters. The fourth-order valence-electron chi connectivity index (χ4n) is 3.68. The molecule has 0 spiro atoms. The molecule has 1 heterocycles. The fourth-order valence-corrected chi connectivity index (χ4v) is 3.68. The minimum atomic E-state index is 0.461. The van der Waals surface area contributed by atoms with Gasteiger partial charge in [-0.1, -0.05) is 31.5 Å². The Morgan fingerprint density at radius 3 is 2.94 bits per heavy atom. The highest BCUT2D eigenvalue weighted by molar-refractivity contribution is 5.45. The van der Waals surface area contributed by atoms with Crippen LogP contribution < -0.4 is 10.1 Å². The SMILES string of the molecule is CNC(c1cccc2c1OCC2)C1CCC(C)C1. The second-order valence-corrected chi connectivity index (χ2v) is 5.88. The number of fused-ring (bicyclic) bond motifs is 1. The van der Waals surface area contributed by atoms with Crippen molar-refractivity contribution < 1.29 is 4.74 Å². The highest BCUT2D eigenvalue weighted by Crippen LogP contribution is 2.43. The van der Waals surface area contributed by atoms with E-state index in [1.165, 1.54) is 30.4 Å². The zero-order valence-electron chi connectivity index (χ0n) is 11.4. The molecule has 1 saturated carbocycles. The maximum atomic E-state index is 5.86. The zero-order chi connectivity index (χ0) is 12.5. The summed E-state index contributed by atoms with van der Waals surface area (Å²) in [5.74, 6) is 2.81. The van der Waals surface area contributed by atoms with Crippen molar-refractivity contribution in [1.29, 1.82) is 0 Å². The minimum Gasteiger partial charge on any atom is -0.493 e. The maximum absolute atomic E-state index is 5.86. The van der Waals surface area contributed by atoms with Crippen molar-refractivity contribution >= 4 is 0 Å². The topological polar surface area (TPSA) is 21.3 Å². The van der Waals surface area contributed by atoms with Gasteiger partial charge in [-0.05, 0) is 37.3 Å². The highest BCUT2D eigenvalue weighted by atomic mass is 16.5. The van der Waals surface area contributed by atoms with Crippen LogP contribution in [0.4, 0.5) is 0 Å². The third kappa shape index (κ3) is 2.03. The molecule has 0 radical (unpaired) electrons. The van der Waals surface area contributed by atoms with Crippen LogP contribution in [0.2, 0.25) is 0 Å². The molecule has 2 heteroatoms. The number of hydrogen-bond donors (Lipinski definition) is 1. The summed E-state index contributed by atoms with van der Waals surface area (Å²) in [6, 6.07) is 7.10. The van der Waals surface area contributed by atoms with Gasteiger partial charge in [0.1, 0.15) is 5.75 Å². The van der Waals surface area contributed by atoms with E-state index in [4.69, 9.17) is 4.74 Å². The van der Waals surface area contributed by atoms with Gasteiger partial charge in [0.15, 0.2) is 0 Å². The van der Waals surface area contributed by atoms with E-state index in [9.17, 15) is 0 Å². The first-order valence-electron chi connectivity index (χ1n) is 7.21. The van der Waals surface area contributed by atoms with Crippen LogP contribution >= 0.6 is 0 Å². The number of nitrogens with one attached hydrogen (secondary N) is 1. The minimum absolute atomic E-state index is 0.461. The third-order valence-corrected chi connectivity index (χ3v) is 4.60. The first-order valence-corrected chi connectivity index (χ1v) is 7.21. The summed E-state index contributed by atoms with van der Waals surface area (Å²) in [7, 11) is 2.09. The molecule has 18 heavy (non-hydrogen) atoms. The predicted molar refractivity (Wildman–Crippen MR) is 73.9 cm³/mol. The Morgan fingerprint density at radius 2 is 2.22 bits per heavy atom. The van der Waals surface area contributed by atoms with Crippen LogP contribution in [0, 0.1) is 11.8 Å². The van der Waals surface area contributed by atoms with E-state index in [0.717, 1.165) is 30.6 Å². The van der Waals surface area contributed by atoms with E-state index in [1.807, 2.05) is 0 Å². The van der Waals surface area contributed by atoms with Crippen LogP contribution in [0.25, 0.3) is 0 Å². The van der Waals surface area contributed by atoms with Gasteiger partial charge in [-0.25, -0.2) is 0 Å². The molecule has 3 atom stereocenters. The lowest BCUT2D eigenvalue weighted by Gasteiger charge is -2.25. The van der Waals surface area contributed by atoms with Gasteiger partial charge in [-0.15, -0.1) is 0 Å². The molecule has 1 aliphatic heterocycles. The molecule has 0 bridgehead atoms. The van der Waals surface area contributed by atoms with Gasteiger partial charge < -0.3 is 10.1 Å². The van der Waals surface area contributed by atoms with E-state index < -0.39 is 0 Å². The summed E-state index contributed by atoms with van der Waals surface area (Å²) in [6.07, 6.45) is 5.13. The van der Waals surface area contributed by atoms with Gasteiger partial charge in [-0.2, -0.15) is 0 Å². The quantitative estimate of drug-likeness (QED) is 0.882. The number of rotatable bonds is 3. The van der Waals surface area contributed by atoms with Crippen LogP contribution in [0.5, 0.6) is 5.75 Å². The van der Waals surface area contributed by atoms with Gasteiger partial charge in [0.05, 0.1) is 6.61 Å². The van der Waals surface area contributed by atoms with Crippen molar-refractivity contribution in [1.82, 2.24) is 5.32 Å². The number of benzene rings is 1. The summed E-state index contributed by atoms with van der Waals surface area (Å²) in [4.78, 5) is 0. The normalized spacial score (nSPS) is 27.9. The predicted octanol–water partition coefficient (Wildman–Crippen LogP) is 3.32. The Balaban J connectivity index is 1.90. The summed E-state index contributed by atoms with van der Waals surface area (Å²) < 4.78 is 5.86. The summed E-state index contributed by atoms with van der Waals surface area (Å²) in [5, 5.41) is 3.53. The smallest absolute Gasteiger partial charge is 0.127 e. The largest absolute Gasteiger partial charge is 0.493 e. The maximum Gasteiger partial charge on any atom is 0.127 e. The van der Waals surface area contributed by atoms with Crippen molar-refractivity contribution in [3.63, 3.8) is 0 Å². The molecule has 1 aliphatic carbocycles. The lowest BCUT2D eigenvalue weighted by molar-refractivity contribution is 0.330. The van der Waals surface area contributed by atoms with E-state index in [1.54, 1.807) is 0 Å².